The van der Waals surface area contributed by atoms with Crippen LogP contribution in [-0.4, -0.2) is 29.9 Å². The summed E-state index contributed by atoms with van der Waals surface area (Å²) in [5.41, 5.74) is 2.41. The van der Waals surface area contributed by atoms with Gasteiger partial charge in [-0.25, -0.2) is 4.98 Å². The second kappa shape index (κ2) is 7.85. The minimum absolute atomic E-state index is 0.0528. The van der Waals surface area contributed by atoms with Gasteiger partial charge in [0.25, 0.3) is 0 Å². The van der Waals surface area contributed by atoms with Crippen molar-refractivity contribution >= 4 is 44.7 Å². The van der Waals surface area contributed by atoms with E-state index in [9.17, 15) is 9.59 Å². The summed E-state index contributed by atoms with van der Waals surface area (Å²) >= 11 is 1.56. The average molecular weight is 381 g/mol. The molecule has 1 N–H and O–H groups in total. The maximum Gasteiger partial charge on any atom is 0.250 e. The van der Waals surface area contributed by atoms with Gasteiger partial charge < -0.3 is 15.0 Å². The molecule has 2 heterocycles. The van der Waals surface area contributed by atoms with E-state index in [1.807, 2.05) is 42.5 Å². The Labute approximate surface area is 160 Å². The van der Waals surface area contributed by atoms with Crippen molar-refractivity contribution in [3.63, 3.8) is 0 Å². The monoisotopic (exact) mass is 381 g/mol. The van der Waals surface area contributed by atoms with Crippen LogP contribution in [0.25, 0.3) is 10.2 Å². The summed E-state index contributed by atoms with van der Waals surface area (Å²) in [6.45, 7) is 0.972. The van der Waals surface area contributed by atoms with Crippen molar-refractivity contribution in [1.82, 2.24) is 4.98 Å². The van der Waals surface area contributed by atoms with E-state index < -0.39 is 0 Å². The Morgan fingerprint density at radius 2 is 2.11 bits per heavy atom. The number of ether oxygens (including phenoxy) is 1. The summed E-state index contributed by atoms with van der Waals surface area (Å²) in [5.74, 6) is -0.112. The Morgan fingerprint density at radius 1 is 1.22 bits per heavy atom. The number of thiazole rings is 1. The van der Waals surface area contributed by atoms with Crippen LogP contribution in [0.4, 0.5) is 11.4 Å². The molecule has 0 spiro atoms. The number of carbonyl (C=O) groups excluding carboxylic acids is 2. The number of anilines is 2. The highest BCUT2D eigenvalue weighted by atomic mass is 32.1. The topological polar surface area (TPSA) is 71.5 Å². The van der Waals surface area contributed by atoms with E-state index in [-0.39, 0.29) is 18.4 Å². The molecule has 0 radical (unpaired) electrons. The van der Waals surface area contributed by atoms with Crippen molar-refractivity contribution in [3.05, 3.63) is 53.5 Å². The van der Waals surface area contributed by atoms with E-state index in [2.05, 4.69) is 10.3 Å². The summed E-state index contributed by atoms with van der Waals surface area (Å²) < 4.78 is 6.61. The van der Waals surface area contributed by atoms with Gasteiger partial charge in [-0.2, -0.15) is 0 Å². The predicted molar refractivity (Wildman–Crippen MR) is 106 cm³/mol. The highest BCUT2D eigenvalue weighted by Gasteiger charge is 2.21. The zero-order valence-corrected chi connectivity index (χ0v) is 15.5. The van der Waals surface area contributed by atoms with Gasteiger partial charge in [-0.05, 0) is 36.8 Å². The SMILES string of the molecule is O=C(COCc1nc2ccccc2s1)Nc1cccc(N2CCCC2=O)c1. The molecule has 4 rings (SSSR count). The Balaban J connectivity index is 1.31. The molecule has 6 nitrogen and oxygen atoms in total. The Bertz CT molecular complexity index is 952. The van der Waals surface area contributed by atoms with E-state index >= 15 is 0 Å². The van der Waals surface area contributed by atoms with E-state index in [0.29, 0.717) is 18.7 Å². The summed E-state index contributed by atoms with van der Waals surface area (Å²) in [7, 11) is 0. The lowest BCUT2D eigenvalue weighted by molar-refractivity contribution is -0.121. The van der Waals surface area contributed by atoms with E-state index in [4.69, 9.17) is 4.74 Å². The molecule has 7 heteroatoms. The molecule has 3 aromatic rings. The maximum absolute atomic E-state index is 12.1. The first-order chi connectivity index (χ1) is 13.2. The molecule has 1 fully saturated rings. The molecule has 0 bridgehead atoms. The van der Waals surface area contributed by atoms with Gasteiger partial charge in [-0.1, -0.05) is 18.2 Å². The molecular formula is C20H19N3O3S. The normalized spacial score (nSPS) is 14.1. The molecule has 138 valence electrons. The van der Waals surface area contributed by atoms with Gasteiger partial charge in [0.1, 0.15) is 11.6 Å². The minimum Gasteiger partial charge on any atom is -0.364 e. The second-order valence-corrected chi connectivity index (χ2v) is 7.43. The van der Waals surface area contributed by atoms with Crippen LogP contribution in [0, 0.1) is 0 Å². The number of rotatable bonds is 6. The Kier molecular flexibility index (Phi) is 5.13. The number of hydrogen-bond donors (Lipinski definition) is 1. The number of amides is 2. The lowest BCUT2D eigenvalue weighted by Crippen LogP contribution is -2.24. The lowest BCUT2D eigenvalue weighted by atomic mass is 10.2. The molecule has 0 atom stereocenters. The number of carbonyl (C=O) groups is 2. The number of benzene rings is 2. The zero-order chi connectivity index (χ0) is 18.6. The van der Waals surface area contributed by atoms with Crippen molar-refractivity contribution < 1.29 is 14.3 Å². The van der Waals surface area contributed by atoms with Crippen LogP contribution in [-0.2, 0) is 20.9 Å². The molecule has 0 unspecified atom stereocenters. The molecule has 1 aromatic heterocycles. The van der Waals surface area contributed by atoms with E-state index in [1.54, 1.807) is 22.3 Å². The van der Waals surface area contributed by atoms with Crippen molar-refractivity contribution in [3.8, 4) is 0 Å². The van der Waals surface area contributed by atoms with Gasteiger partial charge in [0.2, 0.25) is 11.8 Å². The van der Waals surface area contributed by atoms with Gasteiger partial charge >= 0.3 is 0 Å². The number of aromatic nitrogens is 1. The molecular weight excluding hydrogens is 362 g/mol. The minimum atomic E-state index is -0.235. The van der Waals surface area contributed by atoms with Crippen molar-refractivity contribution in [2.45, 2.75) is 19.4 Å². The third-order valence-electron chi connectivity index (χ3n) is 4.31. The van der Waals surface area contributed by atoms with Gasteiger partial charge in [-0.15, -0.1) is 11.3 Å². The van der Waals surface area contributed by atoms with Crippen LogP contribution in [0.2, 0.25) is 0 Å². The Morgan fingerprint density at radius 3 is 2.93 bits per heavy atom. The fourth-order valence-electron chi connectivity index (χ4n) is 3.08. The first-order valence-corrected chi connectivity index (χ1v) is 9.63. The summed E-state index contributed by atoms with van der Waals surface area (Å²) in [6.07, 6.45) is 1.45. The predicted octanol–water partition coefficient (Wildman–Crippen LogP) is 3.58. The lowest BCUT2D eigenvalue weighted by Gasteiger charge is -2.16. The van der Waals surface area contributed by atoms with Crippen LogP contribution in [0.3, 0.4) is 0 Å². The fourth-order valence-corrected chi connectivity index (χ4v) is 3.99. The van der Waals surface area contributed by atoms with Gasteiger partial charge in [0.05, 0.1) is 16.8 Å². The fraction of sp³-hybridized carbons (Fsp3) is 0.250. The highest BCUT2D eigenvalue weighted by molar-refractivity contribution is 7.18. The zero-order valence-electron chi connectivity index (χ0n) is 14.7. The molecule has 0 aliphatic carbocycles. The number of nitrogens with one attached hydrogen (secondary N) is 1. The summed E-state index contributed by atoms with van der Waals surface area (Å²) in [4.78, 5) is 30.2. The van der Waals surface area contributed by atoms with Crippen LogP contribution in [0.15, 0.2) is 48.5 Å². The van der Waals surface area contributed by atoms with Crippen molar-refractivity contribution in [2.24, 2.45) is 0 Å². The van der Waals surface area contributed by atoms with Crippen LogP contribution in [0.1, 0.15) is 17.8 Å². The quantitative estimate of drug-likeness (QED) is 0.708. The molecule has 0 saturated carbocycles. The standard InChI is InChI=1S/C20H19N3O3S/c24-18(12-26-13-19-22-16-7-1-2-8-17(16)27-19)21-14-5-3-6-15(11-14)23-10-4-9-20(23)25/h1-3,5-8,11H,4,9-10,12-13H2,(H,21,24). The highest BCUT2D eigenvalue weighted by Crippen LogP contribution is 2.24. The Hall–Kier alpha value is -2.77. The van der Waals surface area contributed by atoms with Gasteiger partial charge in [-0.3, -0.25) is 9.59 Å². The van der Waals surface area contributed by atoms with Gasteiger partial charge in [0.15, 0.2) is 0 Å². The second-order valence-electron chi connectivity index (χ2n) is 6.32. The average Bonchev–Trinajstić information content (AvgIpc) is 3.27. The summed E-state index contributed by atoms with van der Waals surface area (Å²) in [6, 6.07) is 15.2. The first kappa shape index (κ1) is 17.6. The van der Waals surface area contributed by atoms with Gasteiger partial charge in [0, 0.05) is 24.3 Å². The molecule has 1 aliphatic heterocycles. The number of hydrogen-bond acceptors (Lipinski definition) is 5. The van der Waals surface area contributed by atoms with E-state index in [1.165, 1.54) is 0 Å². The third-order valence-corrected chi connectivity index (χ3v) is 5.32. The number of nitrogens with zero attached hydrogens (tertiary/aromatic N) is 2. The number of fused-ring (bicyclic) bond motifs is 1. The number of para-hydroxylation sites is 1. The molecule has 1 aliphatic rings. The molecule has 1 saturated heterocycles. The van der Waals surface area contributed by atoms with Crippen molar-refractivity contribution in [2.75, 3.05) is 23.4 Å². The largest absolute Gasteiger partial charge is 0.364 e. The smallest absolute Gasteiger partial charge is 0.250 e. The summed E-state index contributed by atoms with van der Waals surface area (Å²) in [5, 5.41) is 3.66. The third kappa shape index (κ3) is 4.15. The van der Waals surface area contributed by atoms with E-state index in [0.717, 1.165) is 33.9 Å². The van der Waals surface area contributed by atoms with Crippen LogP contribution >= 0.6 is 11.3 Å². The van der Waals surface area contributed by atoms with Crippen LogP contribution < -0.4 is 10.2 Å². The maximum atomic E-state index is 12.1. The molecule has 2 amide bonds. The van der Waals surface area contributed by atoms with Crippen LogP contribution in [0.5, 0.6) is 0 Å². The van der Waals surface area contributed by atoms with Crippen molar-refractivity contribution in [1.29, 1.82) is 0 Å². The molecule has 2 aromatic carbocycles. The molecule has 27 heavy (non-hydrogen) atoms. The first-order valence-electron chi connectivity index (χ1n) is 8.81.